The molecule has 0 aliphatic carbocycles. The summed E-state index contributed by atoms with van der Waals surface area (Å²) in [6.07, 6.45) is 0. The fourth-order valence-corrected chi connectivity index (χ4v) is 4.39. The zero-order valence-corrected chi connectivity index (χ0v) is 17.6. The highest BCUT2D eigenvalue weighted by Crippen LogP contribution is 2.33. The molecule has 140 valence electrons. The number of aromatic nitrogens is 1. The first-order valence-corrected chi connectivity index (χ1v) is 9.27. The number of nitrogens with two attached hydrogens (primary N) is 1. The SMILES string of the molecule is CC(C)(C)c1csc(CN2C[C@@H](CN)[C@H](c3ccccc3)C2)n1.Cl.Cl. The van der Waals surface area contributed by atoms with Crippen molar-refractivity contribution in [3.05, 3.63) is 52.0 Å². The van der Waals surface area contributed by atoms with Crippen molar-refractivity contribution in [3.63, 3.8) is 0 Å². The van der Waals surface area contributed by atoms with E-state index in [2.05, 4.69) is 61.4 Å². The summed E-state index contributed by atoms with van der Waals surface area (Å²) < 4.78 is 0. The molecule has 1 saturated heterocycles. The van der Waals surface area contributed by atoms with Crippen LogP contribution in [0.15, 0.2) is 35.7 Å². The van der Waals surface area contributed by atoms with Gasteiger partial charge in [0.2, 0.25) is 0 Å². The molecule has 1 aliphatic heterocycles. The first-order chi connectivity index (χ1) is 11.0. The van der Waals surface area contributed by atoms with Crippen molar-refractivity contribution in [3.8, 4) is 0 Å². The minimum atomic E-state index is 0. The van der Waals surface area contributed by atoms with E-state index in [0.717, 1.165) is 26.2 Å². The number of thiazole rings is 1. The molecule has 25 heavy (non-hydrogen) atoms. The van der Waals surface area contributed by atoms with E-state index < -0.39 is 0 Å². The van der Waals surface area contributed by atoms with Gasteiger partial charge in [-0.25, -0.2) is 4.98 Å². The average molecular weight is 402 g/mol. The van der Waals surface area contributed by atoms with E-state index in [1.54, 1.807) is 11.3 Å². The van der Waals surface area contributed by atoms with Gasteiger partial charge in [-0.1, -0.05) is 51.1 Å². The van der Waals surface area contributed by atoms with Crippen LogP contribution in [0, 0.1) is 5.92 Å². The predicted octanol–water partition coefficient (Wildman–Crippen LogP) is 4.46. The molecule has 2 atom stereocenters. The van der Waals surface area contributed by atoms with Gasteiger partial charge in [-0.05, 0) is 18.0 Å². The molecule has 2 N–H and O–H groups in total. The molecule has 0 radical (unpaired) electrons. The van der Waals surface area contributed by atoms with Crippen molar-refractivity contribution in [2.45, 2.75) is 38.6 Å². The second-order valence-corrected chi connectivity index (χ2v) is 8.53. The fraction of sp³-hybridized carbons (Fsp3) is 0.526. The average Bonchev–Trinajstić information content (AvgIpc) is 3.15. The van der Waals surface area contributed by atoms with E-state index in [4.69, 9.17) is 10.7 Å². The number of hydrogen-bond donors (Lipinski definition) is 1. The molecule has 1 aromatic heterocycles. The Kier molecular flexibility index (Phi) is 8.36. The van der Waals surface area contributed by atoms with Crippen molar-refractivity contribution < 1.29 is 0 Å². The van der Waals surface area contributed by atoms with E-state index >= 15 is 0 Å². The molecule has 0 bridgehead atoms. The summed E-state index contributed by atoms with van der Waals surface area (Å²) in [6.45, 7) is 10.5. The smallest absolute Gasteiger partial charge is 0.107 e. The lowest BCUT2D eigenvalue weighted by Gasteiger charge is -2.16. The van der Waals surface area contributed by atoms with E-state index in [1.165, 1.54) is 16.3 Å². The van der Waals surface area contributed by atoms with Gasteiger partial charge in [0.1, 0.15) is 5.01 Å². The van der Waals surface area contributed by atoms with E-state index in [-0.39, 0.29) is 30.2 Å². The molecule has 6 heteroatoms. The molecular formula is C19H29Cl2N3S. The molecule has 2 aromatic rings. The summed E-state index contributed by atoms with van der Waals surface area (Å²) in [5, 5.41) is 3.43. The number of likely N-dealkylation sites (tertiary alicyclic amines) is 1. The molecule has 0 amide bonds. The standard InChI is InChI=1S/C19H27N3S.2ClH/c1-19(2,3)17-13-23-18(21-17)12-22-10-15(9-20)16(11-22)14-7-5-4-6-8-14;;/h4-8,13,15-16H,9-12,20H2,1-3H3;2*1H/t15-,16+;;/m1../s1. The third-order valence-corrected chi connectivity index (χ3v) is 5.56. The zero-order chi connectivity index (χ0) is 16.4. The third kappa shape index (κ3) is 5.41. The predicted molar refractivity (Wildman–Crippen MR) is 112 cm³/mol. The summed E-state index contributed by atoms with van der Waals surface area (Å²) in [7, 11) is 0. The molecule has 2 heterocycles. The van der Waals surface area contributed by atoms with Gasteiger partial charge in [-0.15, -0.1) is 36.2 Å². The van der Waals surface area contributed by atoms with Gasteiger partial charge in [0, 0.05) is 29.8 Å². The lowest BCUT2D eigenvalue weighted by atomic mass is 9.89. The summed E-state index contributed by atoms with van der Waals surface area (Å²) in [5.41, 5.74) is 8.79. The van der Waals surface area contributed by atoms with Crippen molar-refractivity contribution >= 4 is 36.2 Å². The number of rotatable bonds is 4. The highest BCUT2D eigenvalue weighted by atomic mass is 35.5. The van der Waals surface area contributed by atoms with E-state index in [9.17, 15) is 0 Å². The van der Waals surface area contributed by atoms with Gasteiger partial charge in [-0.2, -0.15) is 0 Å². The van der Waals surface area contributed by atoms with Crippen molar-refractivity contribution in [2.24, 2.45) is 11.7 Å². The van der Waals surface area contributed by atoms with Gasteiger partial charge in [0.15, 0.2) is 0 Å². The normalized spacial score (nSPS) is 20.8. The lowest BCUT2D eigenvalue weighted by Crippen LogP contribution is -2.23. The zero-order valence-electron chi connectivity index (χ0n) is 15.1. The summed E-state index contributed by atoms with van der Waals surface area (Å²) >= 11 is 1.79. The highest BCUT2D eigenvalue weighted by Gasteiger charge is 2.33. The maximum atomic E-state index is 6.04. The van der Waals surface area contributed by atoms with Crippen LogP contribution in [-0.2, 0) is 12.0 Å². The molecule has 1 aliphatic rings. The minimum Gasteiger partial charge on any atom is -0.330 e. The van der Waals surface area contributed by atoms with Crippen LogP contribution in [0.5, 0.6) is 0 Å². The molecule has 0 spiro atoms. The first-order valence-electron chi connectivity index (χ1n) is 8.39. The van der Waals surface area contributed by atoms with Gasteiger partial charge in [0.25, 0.3) is 0 Å². The van der Waals surface area contributed by atoms with Crippen LogP contribution in [0.4, 0.5) is 0 Å². The first kappa shape index (κ1) is 22.4. The molecule has 1 aromatic carbocycles. The van der Waals surface area contributed by atoms with E-state index in [0.29, 0.717) is 11.8 Å². The van der Waals surface area contributed by atoms with Gasteiger partial charge >= 0.3 is 0 Å². The van der Waals surface area contributed by atoms with Crippen molar-refractivity contribution in [1.82, 2.24) is 9.88 Å². The minimum absolute atomic E-state index is 0. The molecule has 3 rings (SSSR count). The van der Waals surface area contributed by atoms with Gasteiger partial charge in [-0.3, -0.25) is 4.90 Å². The Labute approximate surface area is 167 Å². The maximum Gasteiger partial charge on any atom is 0.107 e. The Balaban J connectivity index is 0.00000156. The number of halogens is 2. The quantitative estimate of drug-likeness (QED) is 0.821. The molecule has 0 unspecified atom stereocenters. The Morgan fingerprint density at radius 3 is 2.40 bits per heavy atom. The fourth-order valence-electron chi connectivity index (χ4n) is 3.33. The lowest BCUT2D eigenvalue weighted by molar-refractivity contribution is 0.316. The Hall–Kier alpha value is -0.650. The van der Waals surface area contributed by atoms with Crippen molar-refractivity contribution in [1.29, 1.82) is 0 Å². The summed E-state index contributed by atoms with van der Waals surface area (Å²) in [4.78, 5) is 7.35. The molecule has 3 nitrogen and oxygen atoms in total. The van der Waals surface area contributed by atoms with Crippen LogP contribution in [0.25, 0.3) is 0 Å². The van der Waals surface area contributed by atoms with Crippen LogP contribution in [-0.4, -0.2) is 29.5 Å². The number of nitrogens with zero attached hydrogens (tertiary/aromatic N) is 2. The number of benzene rings is 1. The monoisotopic (exact) mass is 401 g/mol. The molecular weight excluding hydrogens is 373 g/mol. The summed E-state index contributed by atoms with van der Waals surface area (Å²) in [6, 6.07) is 10.8. The largest absolute Gasteiger partial charge is 0.330 e. The Morgan fingerprint density at radius 1 is 1.16 bits per heavy atom. The molecule has 0 saturated carbocycles. The Bertz CT molecular complexity index is 640. The number of hydrogen-bond acceptors (Lipinski definition) is 4. The van der Waals surface area contributed by atoms with Crippen molar-refractivity contribution in [2.75, 3.05) is 19.6 Å². The topological polar surface area (TPSA) is 42.1 Å². The van der Waals surface area contributed by atoms with Gasteiger partial charge < -0.3 is 5.73 Å². The summed E-state index contributed by atoms with van der Waals surface area (Å²) in [5.74, 6) is 1.09. The third-order valence-electron chi connectivity index (χ3n) is 4.73. The van der Waals surface area contributed by atoms with E-state index in [1.807, 2.05) is 0 Å². The maximum absolute atomic E-state index is 6.04. The van der Waals surface area contributed by atoms with Crippen LogP contribution in [0.3, 0.4) is 0 Å². The highest BCUT2D eigenvalue weighted by molar-refractivity contribution is 7.09. The van der Waals surface area contributed by atoms with Crippen LogP contribution >= 0.6 is 36.2 Å². The van der Waals surface area contributed by atoms with Crippen LogP contribution in [0.1, 0.15) is 43.0 Å². The second-order valence-electron chi connectivity index (χ2n) is 7.58. The van der Waals surface area contributed by atoms with Gasteiger partial charge in [0.05, 0.1) is 12.2 Å². The van der Waals surface area contributed by atoms with Crippen LogP contribution in [0.2, 0.25) is 0 Å². The Morgan fingerprint density at radius 2 is 1.84 bits per heavy atom. The second kappa shape index (κ2) is 9.33. The molecule has 1 fully saturated rings. The van der Waals surface area contributed by atoms with Crippen LogP contribution < -0.4 is 5.73 Å².